The average molecular weight is 644 g/mol. The van der Waals surface area contributed by atoms with E-state index in [9.17, 15) is 40.0 Å². The van der Waals surface area contributed by atoms with Crippen molar-refractivity contribution >= 4 is 47.8 Å². The van der Waals surface area contributed by atoms with Crippen LogP contribution in [0, 0.1) is 10.4 Å². The number of alkyl carbamates (subject to hydrolysis) is 2. The summed E-state index contributed by atoms with van der Waals surface area (Å²) in [6.45, 7) is 1.26. The maximum atomic E-state index is 12.5. The van der Waals surface area contributed by atoms with Gasteiger partial charge in [0.1, 0.15) is 13.2 Å². The van der Waals surface area contributed by atoms with Gasteiger partial charge in [-0.05, 0) is 50.2 Å². The fourth-order valence-electron chi connectivity index (χ4n) is 3.72. The number of ether oxygens (including phenoxy) is 2. The van der Waals surface area contributed by atoms with Crippen LogP contribution in [0.2, 0.25) is 0 Å². The molecule has 17 nitrogen and oxygen atoms in total. The van der Waals surface area contributed by atoms with Gasteiger partial charge in [0.05, 0.1) is 11.1 Å². The monoisotopic (exact) mass is 643 g/mol. The molecule has 2 aromatic carbocycles. The van der Waals surface area contributed by atoms with Gasteiger partial charge in [-0.25, -0.2) is 20.0 Å². The molecular formula is C26H38ClN7O10. The first-order valence-electron chi connectivity index (χ1n) is 13.3. The second kappa shape index (κ2) is 20.0. The van der Waals surface area contributed by atoms with Crippen molar-refractivity contribution in [2.24, 2.45) is 0 Å². The summed E-state index contributed by atoms with van der Waals surface area (Å²) in [5, 5.41) is 52.3. The lowest BCUT2D eigenvalue weighted by Crippen LogP contribution is -2.99. The van der Waals surface area contributed by atoms with E-state index >= 15 is 0 Å². The lowest BCUT2D eigenvalue weighted by Gasteiger charge is -2.17. The summed E-state index contributed by atoms with van der Waals surface area (Å²) in [5.41, 5.74) is 0.680. The number of quaternary nitrogens is 2. The third-order valence-electron chi connectivity index (χ3n) is 5.95. The summed E-state index contributed by atoms with van der Waals surface area (Å²) in [5.74, 6) is -0.804. The van der Waals surface area contributed by atoms with Crippen LogP contribution in [0.3, 0.4) is 0 Å². The number of halogens is 1. The predicted octanol–water partition coefficient (Wildman–Crippen LogP) is -0.843. The summed E-state index contributed by atoms with van der Waals surface area (Å²) in [4.78, 5) is 47.6. The number of hydrogen-bond donors (Lipinski definition) is 9. The van der Waals surface area contributed by atoms with Crippen LogP contribution in [0.5, 0.6) is 0 Å². The van der Waals surface area contributed by atoms with Gasteiger partial charge in [-0.2, -0.15) is 10.5 Å². The summed E-state index contributed by atoms with van der Waals surface area (Å²) in [6, 6.07) is 8.07. The van der Waals surface area contributed by atoms with Crippen molar-refractivity contribution in [3.63, 3.8) is 0 Å². The summed E-state index contributed by atoms with van der Waals surface area (Å²) in [6.07, 6.45) is -0.245. The molecule has 0 bridgehead atoms. The summed E-state index contributed by atoms with van der Waals surface area (Å²) < 4.78 is 9.83. The number of benzene rings is 2. The van der Waals surface area contributed by atoms with Gasteiger partial charge in [-0.15, -0.1) is 12.4 Å². The van der Waals surface area contributed by atoms with Gasteiger partial charge in [-0.3, -0.25) is 9.59 Å². The van der Waals surface area contributed by atoms with E-state index in [0.717, 1.165) is 0 Å². The van der Waals surface area contributed by atoms with Crippen molar-refractivity contribution in [2.45, 2.75) is 26.1 Å². The van der Waals surface area contributed by atoms with Crippen molar-refractivity contribution < 1.29 is 49.5 Å². The molecule has 2 atom stereocenters. The predicted molar refractivity (Wildman–Crippen MR) is 157 cm³/mol. The van der Waals surface area contributed by atoms with Gasteiger partial charge in [0.15, 0.2) is 11.4 Å². The molecule has 2 unspecified atom stereocenters. The Labute approximate surface area is 259 Å². The number of carbonyl (C=O) groups excluding carboxylic acids is 4. The number of hydrogen-bond acceptors (Lipinski definition) is 11. The van der Waals surface area contributed by atoms with Gasteiger partial charge in [-0.1, -0.05) is 0 Å². The molecule has 0 fully saturated rings. The van der Waals surface area contributed by atoms with E-state index in [0.29, 0.717) is 39.0 Å². The Morgan fingerprint density at radius 3 is 1.43 bits per heavy atom. The fourth-order valence-corrected chi connectivity index (χ4v) is 3.72. The Hall–Kier alpha value is -4.07. The van der Waals surface area contributed by atoms with Crippen LogP contribution in [0.25, 0.3) is 0 Å². The molecule has 0 heterocycles. The first-order chi connectivity index (χ1) is 20.6. The Morgan fingerprint density at radius 1 is 0.705 bits per heavy atom. The third-order valence-corrected chi connectivity index (χ3v) is 5.95. The van der Waals surface area contributed by atoms with Crippen molar-refractivity contribution in [2.75, 3.05) is 40.3 Å². The highest BCUT2D eigenvalue weighted by Crippen LogP contribution is 2.16. The molecule has 44 heavy (non-hydrogen) atoms. The van der Waals surface area contributed by atoms with Gasteiger partial charge >= 0.3 is 12.2 Å². The molecule has 0 aromatic heterocycles. The number of nitrogens with one attached hydrogen (secondary N) is 7. The van der Waals surface area contributed by atoms with Crippen molar-refractivity contribution in [1.82, 2.24) is 26.6 Å². The Kier molecular flexibility index (Phi) is 17.2. The third kappa shape index (κ3) is 12.7. The zero-order chi connectivity index (χ0) is 31.8. The quantitative estimate of drug-likeness (QED) is 0.0806. The molecule has 0 spiro atoms. The van der Waals surface area contributed by atoms with E-state index in [1.165, 1.54) is 50.5 Å². The second-order valence-electron chi connectivity index (χ2n) is 8.98. The van der Waals surface area contributed by atoms with Crippen LogP contribution < -0.4 is 37.0 Å². The zero-order valence-corrected chi connectivity index (χ0v) is 25.0. The fraction of sp³-hybridized carbons (Fsp3) is 0.385. The molecule has 244 valence electrons. The van der Waals surface area contributed by atoms with Crippen molar-refractivity contribution in [3.05, 3.63) is 69.1 Å². The van der Waals surface area contributed by atoms with Crippen LogP contribution in [0.15, 0.2) is 36.4 Å². The maximum Gasteiger partial charge on any atom is 0.407 e. The summed E-state index contributed by atoms with van der Waals surface area (Å²) >= 11 is 0. The Balaban J connectivity index is 0.00000968. The van der Waals surface area contributed by atoms with Gasteiger partial charge in [0.25, 0.3) is 11.8 Å². The minimum absolute atomic E-state index is 0. The largest absolute Gasteiger partial charge is 0.595 e. The minimum atomic E-state index is -1.21. The highest BCUT2D eigenvalue weighted by Gasteiger charge is 2.16. The second-order valence-corrected chi connectivity index (χ2v) is 8.98. The van der Waals surface area contributed by atoms with E-state index in [4.69, 9.17) is 9.47 Å². The molecule has 0 saturated heterocycles. The van der Waals surface area contributed by atoms with Crippen LogP contribution >= 0.6 is 12.4 Å². The van der Waals surface area contributed by atoms with E-state index in [1.54, 1.807) is 0 Å². The topological polar surface area (TPSA) is 242 Å². The highest BCUT2D eigenvalue weighted by atomic mass is 35.5. The standard InChI is InChI=1S/C26H37N7O10.ClH/c1-27-25(36)42-15-19-13-17(5-7-21(19)32(38)39)23(34)30-11-3-9-29-10-4-12-31-24(35)18-6-8-22(33(40)41)20(14-18)16-43-26(37)28-2;/h5-8,13-14,29,32-33,38,40H,3-4,9-12,15-16H2,1-2H3,(H,27,36)(H,28,37)(H,30,34)(H,31,35);1H. The molecule has 0 aliphatic heterocycles. The first kappa shape index (κ1) is 38.0. The molecule has 0 aliphatic rings. The molecular weight excluding hydrogens is 606 g/mol. The lowest BCUT2D eigenvalue weighted by atomic mass is 10.1. The number of carbonyl (C=O) groups is 4. The molecule has 0 saturated carbocycles. The SMILES string of the molecule is CNC(=O)OCc1cc(C(=O)NCCCNCCCNC(=O)c2ccc([NH+]([O-])O)c(COC(=O)NC)c2)ccc1[NH+]([O-])O.Cl. The zero-order valence-electron chi connectivity index (χ0n) is 24.2. The molecule has 4 amide bonds. The summed E-state index contributed by atoms with van der Waals surface area (Å²) in [7, 11) is 2.74. The average Bonchev–Trinajstić information content (AvgIpc) is 3.00. The normalized spacial score (nSPS) is 11.8. The van der Waals surface area contributed by atoms with Crippen molar-refractivity contribution in [1.29, 1.82) is 0 Å². The van der Waals surface area contributed by atoms with Crippen LogP contribution in [-0.2, 0) is 22.7 Å². The Morgan fingerprint density at radius 2 is 1.09 bits per heavy atom. The van der Waals surface area contributed by atoms with Gasteiger partial charge in [0.2, 0.25) is 0 Å². The van der Waals surface area contributed by atoms with Crippen molar-refractivity contribution in [3.8, 4) is 0 Å². The molecule has 2 aromatic rings. The van der Waals surface area contributed by atoms with Crippen LogP contribution in [-0.4, -0.2) is 74.7 Å². The van der Waals surface area contributed by atoms with Crippen LogP contribution in [0.1, 0.15) is 44.7 Å². The van der Waals surface area contributed by atoms with Gasteiger partial charge in [0, 0.05) is 50.4 Å². The van der Waals surface area contributed by atoms with E-state index in [1.807, 2.05) is 0 Å². The first-order valence-corrected chi connectivity index (χ1v) is 13.3. The molecule has 18 heteroatoms. The van der Waals surface area contributed by atoms with E-state index < -0.39 is 34.5 Å². The number of amides is 4. The molecule has 2 rings (SSSR count). The van der Waals surface area contributed by atoms with Crippen LogP contribution in [0.4, 0.5) is 21.0 Å². The maximum absolute atomic E-state index is 12.5. The lowest BCUT2D eigenvalue weighted by molar-refractivity contribution is -0.991. The van der Waals surface area contributed by atoms with Gasteiger partial charge < -0.3 is 46.5 Å². The molecule has 0 radical (unpaired) electrons. The Bertz CT molecular complexity index is 1160. The minimum Gasteiger partial charge on any atom is -0.595 e. The van der Waals surface area contributed by atoms with E-state index in [2.05, 4.69) is 26.6 Å². The molecule has 0 aliphatic carbocycles. The van der Waals surface area contributed by atoms with E-state index in [-0.39, 0.29) is 59.2 Å². The smallest absolute Gasteiger partial charge is 0.407 e. The number of rotatable bonds is 16. The molecule has 9 N–H and O–H groups in total. The highest BCUT2D eigenvalue weighted by molar-refractivity contribution is 5.95.